The van der Waals surface area contributed by atoms with Gasteiger partial charge in [-0.3, -0.25) is 5.10 Å². The van der Waals surface area contributed by atoms with Crippen molar-refractivity contribution in [2.45, 2.75) is 23.9 Å². The Morgan fingerprint density at radius 3 is 2.48 bits per heavy atom. The maximum atomic E-state index is 12.3. The van der Waals surface area contributed by atoms with Gasteiger partial charge in [0, 0.05) is 6.04 Å². The summed E-state index contributed by atoms with van der Waals surface area (Å²) in [7, 11) is -3.94. The molecular formula is C13H13N3O4S. The van der Waals surface area contributed by atoms with Crippen LogP contribution in [0.1, 0.15) is 21.5 Å². The highest BCUT2D eigenvalue weighted by molar-refractivity contribution is 7.89. The highest BCUT2D eigenvalue weighted by Crippen LogP contribution is 2.23. The van der Waals surface area contributed by atoms with Crippen LogP contribution in [0, 0.1) is 0 Å². The minimum atomic E-state index is -3.94. The molecule has 3 N–H and O–H groups in total. The molecule has 0 spiro atoms. The van der Waals surface area contributed by atoms with E-state index >= 15 is 0 Å². The van der Waals surface area contributed by atoms with Crippen LogP contribution < -0.4 is 4.72 Å². The molecule has 0 radical (unpaired) electrons. The molecule has 21 heavy (non-hydrogen) atoms. The number of benzene rings is 1. The normalized spacial score (nSPS) is 15.0. The van der Waals surface area contributed by atoms with Gasteiger partial charge in [0.1, 0.15) is 5.56 Å². The number of aromatic carboxylic acids is 1. The molecule has 1 aliphatic rings. The van der Waals surface area contributed by atoms with Crippen LogP contribution in [0.2, 0.25) is 0 Å². The number of rotatable bonds is 4. The van der Waals surface area contributed by atoms with Crippen LogP contribution in [0.5, 0.6) is 0 Å². The van der Waals surface area contributed by atoms with Crippen molar-refractivity contribution in [2.75, 3.05) is 0 Å². The monoisotopic (exact) mass is 307 g/mol. The number of nitrogens with zero attached hydrogens (tertiary/aromatic N) is 1. The summed E-state index contributed by atoms with van der Waals surface area (Å²) in [5.41, 5.74) is 1.85. The molecule has 0 aliphatic heterocycles. The van der Waals surface area contributed by atoms with Crippen LogP contribution in [0.3, 0.4) is 0 Å². The number of aromatic nitrogens is 2. The lowest BCUT2D eigenvalue weighted by molar-refractivity contribution is 0.0692. The smallest absolute Gasteiger partial charge is 0.340 e. The van der Waals surface area contributed by atoms with Gasteiger partial charge in [0.05, 0.1) is 6.20 Å². The Morgan fingerprint density at radius 1 is 1.29 bits per heavy atom. The van der Waals surface area contributed by atoms with E-state index in [1.165, 1.54) is 0 Å². The van der Waals surface area contributed by atoms with Gasteiger partial charge in [0.2, 0.25) is 0 Å². The minimum Gasteiger partial charge on any atom is -0.478 e. The molecule has 1 heterocycles. The first-order valence-corrected chi connectivity index (χ1v) is 7.81. The first kappa shape index (κ1) is 13.8. The van der Waals surface area contributed by atoms with E-state index in [0.717, 1.165) is 17.3 Å². The van der Waals surface area contributed by atoms with Crippen molar-refractivity contribution >= 4 is 16.0 Å². The fourth-order valence-corrected chi connectivity index (χ4v) is 3.88. The van der Waals surface area contributed by atoms with Crippen LogP contribution in [-0.2, 0) is 22.9 Å². The van der Waals surface area contributed by atoms with Gasteiger partial charge in [0.25, 0.3) is 10.0 Å². The SMILES string of the molecule is O=C(O)c1cn[nH]c1S(=O)(=O)NC1Cc2ccccc2C1. The number of H-pyrrole nitrogens is 1. The zero-order valence-corrected chi connectivity index (χ0v) is 11.7. The molecule has 0 saturated heterocycles. The van der Waals surface area contributed by atoms with Crippen molar-refractivity contribution < 1.29 is 18.3 Å². The standard InChI is InChI=1S/C13H13N3O4S/c17-13(18)11-7-14-15-12(11)21(19,20)16-10-5-8-3-1-2-4-9(8)6-10/h1-4,7,10,16H,5-6H2,(H,14,15)(H,17,18). The summed E-state index contributed by atoms with van der Waals surface area (Å²) in [6.07, 6.45) is 2.16. The fraction of sp³-hybridized carbons (Fsp3) is 0.231. The van der Waals surface area contributed by atoms with E-state index in [0.29, 0.717) is 12.8 Å². The van der Waals surface area contributed by atoms with Crippen molar-refractivity contribution in [1.82, 2.24) is 14.9 Å². The predicted molar refractivity (Wildman–Crippen MR) is 73.5 cm³/mol. The zero-order valence-electron chi connectivity index (χ0n) is 10.9. The zero-order chi connectivity index (χ0) is 15.0. The molecular weight excluding hydrogens is 294 g/mol. The Morgan fingerprint density at radius 2 is 1.90 bits per heavy atom. The first-order chi connectivity index (χ1) is 9.97. The van der Waals surface area contributed by atoms with Gasteiger partial charge >= 0.3 is 5.97 Å². The Labute approximate surface area is 121 Å². The van der Waals surface area contributed by atoms with E-state index in [9.17, 15) is 13.2 Å². The Bertz CT molecular complexity index is 772. The number of carboxylic acid groups (broad SMARTS) is 1. The Hall–Kier alpha value is -2.19. The second kappa shape index (κ2) is 4.97. The highest BCUT2D eigenvalue weighted by atomic mass is 32.2. The molecule has 0 bridgehead atoms. The molecule has 1 aromatic carbocycles. The number of aromatic amines is 1. The molecule has 7 nitrogen and oxygen atoms in total. The lowest BCUT2D eigenvalue weighted by Gasteiger charge is -2.11. The van der Waals surface area contributed by atoms with Gasteiger partial charge in [-0.15, -0.1) is 0 Å². The summed E-state index contributed by atoms with van der Waals surface area (Å²) in [6, 6.07) is 7.46. The highest BCUT2D eigenvalue weighted by Gasteiger charge is 2.30. The van der Waals surface area contributed by atoms with Gasteiger partial charge in [-0.2, -0.15) is 5.10 Å². The van der Waals surface area contributed by atoms with Crippen molar-refractivity contribution in [3.63, 3.8) is 0 Å². The predicted octanol–water partition coefficient (Wildman–Crippen LogP) is 0.554. The second-order valence-electron chi connectivity index (χ2n) is 4.91. The second-order valence-corrected chi connectivity index (χ2v) is 6.56. The Balaban J connectivity index is 1.82. The third-order valence-electron chi connectivity index (χ3n) is 3.48. The lowest BCUT2D eigenvalue weighted by Crippen LogP contribution is -2.36. The number of hydrogen-bond acceptors (Lipinski definition) is 4. The van der Waals surface area contributed by atoms with Gasteiger partial charge in [-0.25, -0.2) is 17.9 Å². The summed E-state index contributed by atoms with van der Waals surface area (Å²) < 4.78 is 27.1. The molecule has 8 heteroatoms. The number of hydrogen-bond donors (Lipinski definition) is 3. The fourth-order valence-electron chi connectivity index (χ4n) is 2.55. The van der Waals surface area contributed by atoms with E-state index in [-0.39, 0.29) is 11.6 Å². The summed E-state index contributed by atoms with van der Waals surface area (Å²) >= 11 is 0. The first-order valence-electron chi connectivity index (χ1n) is 6.33. The maximum Gasteiger partial charge on any atom is 0.340 e. The van der Waals surface area contributed by atoms with Crippen molar-refractivity contribution in [2.24, 2.45) is 0 Å². The number of carbonyl (C=O) groups is 1. The number of nitrogens with one attached hydrogen (secondary N) is 2. The summed E-state index contributed by atoms with van der Waals surface area (Å²) in [6.45, 7) is 0. The van der Waals surface area contributed by atoms with Crippen LogP contribution in [0.4, 0.5) is 0 Å². The lowest BCUT2D eigenvalue weighted by atomic mass is 10.1. The molecule has 1 aromatic heterocycles. The van der Waals surface area contributed by atoms with Crippen molar-refractivity contribution in [3.05, 3.63) is 47.2 Å². The average molecular weight is 307 g/mol. The molecule has 110 valence electrons. The van der Waals surface area contributed by atoms with E-state index < -0.39 is 21.0 Å². The van der Waals surface area contributed by atoms with E-state index in [1.54, 1.807) is 0 Å². The molecule has 1 aliphatic carbocycles. The minimum absolute atomic E-state index is 0.280. The topological polar surface area (TPSA) is 112 Å². The van der Waals surface area contributed by atoms with Gasteiger partial charge < -0.3 is 5.11 Å². The number of fused-ring (bicyclic) bond motifs is 1. The summed E-state index contributed by atoms with van der Waals surface area (Å²) in [5.74, 6) is -1.33. The molecule has 0 fully saturated rings. The molecule has 2 aromatic rings. The number of sulfonamides is 1. The third kappa shape index (κ3) is 2.55. The quantitative estimate of drug-likeness (QED) is 0.764. The largest absolute Gasteiger partial charge is 0.478 e. The molecule has 0 saturated carbocycles. The van der Waals surface area contributed by atoms with Crippen LogP contribution in [-0.4, -0.2) is 35.7 Å². The van der Waals surface area contributed by atoms with Gasteiger partial charge in [-0.1, -0.05) is 24.3 Å². The van der Waals surface area contributed by atoms with Crippen molar-refractivity contribution in [1.29, 1.82) is 0 Å². The van der Waals surface area contributed by atoms with E-state index in [2.05, 4.69) is 14.9 Å². The maximum absolute atomic E-state index is 12.3. The van der Waals surface area contributed by atoms with Crippen LogP contribution >= 0.6 is 0 Å². The summed E-state index contributed by atoms with van der Waals surface area (Å²) in [4.78, 5) is 11.0. The molecule has 0 unspecified atom stereocenters. The van der Waals surface area contributed by atoms with Gasteiger partial charge in [-0.05, 0) is 24.0 Å². The van der Waals surface area contributed by atoms with E-state index in [4.69, 9.17) is 5.11 Å². The van der Waals surface area contributed by atoms with E-state index in [1.807, 2.05) is 24.3 Å². The molecule has 0 atom stereocenters. The number of carboxylic acids is 1. The van der Waals surface area contributed by atoms with Crippen molar-refractivity contribution in [3.8, 4) is 0 Å². The van der Waals surface area contributed by atoms with Gasteiger partial charge in [0.15, 0.2) is 5.03 Å². The molecule has 3 rings (SSSR count). The van der Waals surface area contributed by atoms with Crippen LogP contribution in [0.15, 0.2) is 35.5 Å². The molecule has 0 amide bonds. The Kier molecular flexibility index (Phi) is 3.26. The average Bonchev–Trinajstić information content (AvgIpc) is 3.04. The third-order valence-corrected chi connectivity index (χ3v) is 4.97. The van der Waals surface area contributed by atoms with Crippen LogP contribution in [0.25, 0.3) is 0 Å². The summed E-state index contributed by atoms with van der Waals surface area (Å²) in [5, 5.41) is 14.3.